The molecule has 1 aromatic heterocycles. The Morgan fingerprint density at radius 2 is 1.72 bits per heavy atom. The topological polar surface area (TPSA) is 193 Å². The fourth-order valence-corrected chi connectivity index (χ4v) is 5.33. The molecule has 13 nitrogen and oxygen atoms in total. The maximum atomic E-state index is 13.6. The lowest BCUT2D eigenvalue weighted by atomic mass is 10.0. The van der Waals surface area contributed by atoms with Gasteiger partial charge in [-0.15, -0.1) is 0 Å². The van der Waals surface area contributed by atoms with Crippen molar-refractivity contribution < 1.29 is 19.1 Å². The minimum Gasteiger partial charge on any atom is -0.444 e. The number of nitrogens with zero attached hydrogens (tertiary/aromatic N) is 2. The van der Waals surface area contributed by atoms with Gasteiger partial charge in [-0.3, -0.25) is 29.7 Å². The average Bonchev–Trinajstić information content (AvgIpc) is 3.88. The number of rotatable bonds is 13. The van der Waals surface area contributed by atoms with E-state index in [1.54, 1.807) is 42.5 Å². The summed E-state index contributed by atoms with van der Waals surface area (Å²) in [6.45, 7) is 5.69. The standard InChI is InChI=1S/C37H42N8O5/c1-4-37(14-15-37)44-34(47)28-16-27(17-29(38)18-28)30-20-41-33(42-23(2)3)35(48)45(30)21-31(46)40-19-24-10-12-26(13-11-24)32(39)43-36(49)50-22-25-8-6-5-7-9-25/h5-13,16-18,20,23H,4,14-15,19,21-22,38H2,1-3H3,(H,40,46)(H,41,42)(H,44,47)(H2,39,43,49). The van der Waals surface area contributed by atoms with Crippen molar-refractivity contribution in [2.45, 2.75) is 71.3 Å². The molecule has 4 aromatic rings. The molecule has 13 heteroatoms. The highest BCUT2D eigenvalue weighted by molar-refractivity contribution is 6.04. The number of carbonyl (C=O) groups excluding carboxylic acids is 3. The molecule has 0 saturated heterocycles. The summed E-state index contributed by atoms with van der Waals surface area (Å²) in [6.07, 6.45) is 3.42. The maximum Gasteiger partial charge on any atom is 0.413 e. The van der Waals surface area contributed by atoms with Crippen LogP contribution in [0, 0.1) is 5.41 Å². The third kappa shape index (κ3) is 9.13. The van der Waals surface area contributed by atoms with Gasteiger partial charge >= 0.3 is 6.09 Å². The molecule has 0 aliphatic heterocycles. The lowest BCUT2D eigenvalue weighted by molar-refractivity contribution is -0.121. The van der Waals surface area contributed by atoms with Crippen LogP contribution in [0.15, 0.2) is 83.8 Å². The molecule has 3 aromatic carbocycles. The molecule has 7 N–H and O–H groups in total. The number of hydrogen-bond donors (Lipinski definition) is 6. The van der Waals surface area contributed by atoms with Crippen molar-refractivity contribution in [1.82, 2.24) is 25.5 Å². The molecular weight excluding hydrogens is 636 g/mol. The van der Waals surface area contributed by atoms with Gasteiger partial charge in [0.2, 0.25) is 5.91 Å². The number of nitrogens with one attached hydrogen (secondary N) is 5. The third-order valence-electron chi connectivity index (χ3n) is 8.38. The van der Waals surface area contributed by atoms with Crippen LogP contribution >= 0.6 is 0 Å². The Balaban J connectivity index is 1.26. The van der Waals surface area contributed by atoms with Crippen molar-refractivity contribution in [2.24, 2.45) is 0 Å². The van der Waals surface area contributed by atoms with Crippen molar-refractivity contribution in [3.8, 4) is 11.3 Å². The molecule has 1 aliphatic carbocycles. The second-order valence-corrected chi connectivity index (χ2v) is 12.6. The molecule has 1 aliphatic rings. The molecule has 1 saturated carbocycles. The Morgan fingerprint density at radius 3 is 2.38 bits per heavy atom. The zero-order valence-electron chi connectivity index (χ0n) is 28.3. The van der Waals surface area contributed by atoms with Crippen LogP contribution in [0.1, 0.15) is 67.1 Å². The van der Waals surface area contributed by atoms with Crippen molar-refractivity contribution in [1.29, 1.82) is 5.41 Å². The van der Waals surface area contributed by atoms with E-state index in [-0.39, 0.29) is 48.8 Å². The first kappa shape index (κ1) is 35.3. The number of hydrogen-bond acceptors (Lipinski definition) is 9. The van der Waals surface area contributed by atoms with Crippen molar-refractivity contribution in [2.75, 3.05) is 11.1 Å². The van der Waals surface area contributed by atoms with Crippen molar-refractivity contribution in [3.63, 3.8) is 0 Å². The lowest BCUT2D eigenvalue weighted by Crippen LogP contribution is -2.36. The van der Waals surface area contributed by atoms with Gasteiger partial charge in [-0.05, 0) is 62.4 Å². The van der Waals surface area contributed by atoms with E-state index in [1.165, 1.54) is 10.8 Å². The molecule has 0 unspecified atom stereocenters. The van der Waals surface area contributed by atoms with Crippen LogP contribution in [0.2, 0.25) is 0 Å². The van der Waals surface area contributed by atoms with Gasteiger partial charge < -0.3 is 26.4 Å². The van der Waals surface area contributed by atoms with Crippen LogP contribution in [0.5, 0.6) is 0 Å². The fraction of sp³-hybridized carbons (Fsp3) is 0.297. The Bertz CT molecular complexity index is 1940. The highest BCUT2D eigenvalue weighted by atomic mass is 16.5. The summed E-state index contributed by atoms with van der Waals surface area (Å²) < 4.78 is 6.49. The summed E-state index contributed by atoms with van der Waals surface area (Å²) in [5.74, 6) is -0.730. The highest BCUT2D eigenvalue weighted by Gasteiger charge is 2.42. The van der Waals surface area contributed by atoms with E-state index >= 15 is 0 Å². The van der Waals surface area contributed by atoms with E-state index in [1.807, 2.05) is 51.1 Å². The first-order chi connectivity index (χ1) is 23.9. The van der Waals surface area contributed by atoms with Gasteiger partial charge in [0.25, 0.3) is 11.5 Å². The zero-order valence-corrected chi connectivity index (χ0v) is 28.3. The van der Waals surface area contributed by atoms with Gasteiger partial charge in [-0.2, -0.15) is 0 Å². The molecule has 0 radical (unpaired) electrons. The number of carbonyl (C=O) groups is 3. The molecule has 50 heavy (non-hydrogen) atoms. The first-order valence-corrected chi connectivity index (χ1v) is 16.5. The smallest absolute Gasteiger partial charge is 0.413 e. The molecular formula is C37H42N8O5. The molecule has 0 bridgehead atoms. The number of aromatic nitrogens is 2. The summed E-state index contributed by atoms with van der Waals surface area (Å²) >= 11 is 0. The van der Waals surface area contributed by atoms with E-state index in [0.29, 0.717) is 28.1 Å². The Kier molecular flexibility index (Phi) is 10.9. The Hall–Kier alpha value is -5.98. The number of amides is 3. The molecule has 3 amide bonds. The number of ether oxygens (including phenoxy) is 1. The van der Waals surface area contributed by atoms with Gasteiger partial charge in [-0.25, -0.2) is 9.78 Å². The number of anilines is 2. The minimum atomic E-state index is -0.742. The number of amidine groups is 1. The van der Waals surface area contributed by atoms with Gasteiger partial charge in [0.15, 0.2) is 5.82 Å². The molecule has 1 fully saturated rings. The van der Waals surface area contributed by atoms with E-state index in [9.17, 15) is 19.2 Å². The van der Waals surface area contributed by atoms with Crippen molar-refractivity contribution in [3.05, 3.63) is 112 Å². The summed E-state index contributed by atoms with van der Waals surface area (Å²) in [4.78, 5) is 56.5. The Labute approximate surface area is 290 Å². The number of benzene rings is 3. The lowest BCUT2D eigenvalue weighted by Gasteiger charge is -2.18. The second-order valence-electron chi connectivity index (χ2n) is 12.6. The molecule has 0 spiro atoms. The first-order valence-electron chi connectivity index (χ1n) is 16.5. The average molecular weight is 679 g/mol. The van der Waals surface area contributed by atoms with E-state index < -0.39 is 17.6 Å². The zero-order chi connectivity index (χ0) is 35.8. The maximum absolute atomic E-state index is 13.6. The predicted molar refractivity (Wildman–Crippen MR) is 192 cm³/mol. The monoisotopic (exact) mass is 678 g/mol. The van der Waals surface area contributed by atoms with Crippen LogP contribution in [-0.4, -0.2) is 44.9 Å². The fourth-order valence-electron chi connectivity index (χ4n) is 5.33. The molecule has 5 rings (SSSR count). The van der Waals surface area contributed by atoms with Crippen LogP contribution in [0.4, 0.5) is 16.3 Å². The quantitative estimate of drug-likeness (QED) is 0.0673. The number of nitrogens with two attached hydrogens (primary N) is 1. The largest absolute Gasteiger partial charge is 0.444 e. The van der Waals surface area contributed by atoms with Crippen LogP contribution in [0.25, 0.3) is 11.3 Å². The van der Waals surface area contributed by atoms with Gasteiger partial charge in [0.05, 0.1) is 11.9 Å². The number of nitrogen functional groups attached to an aromatic ring is 1. The van der Waals surface area contributed by atoms with Crippen LogP contribution in [-0.2, 0) is 29.2 Å². The van der Waals surface area contributed by atoms with Gasteiger partial charge in [-0.1, -0.05) is 61.5 Å². The SMILES string of the molecule is CCC1(NC(=O)c2cc(N)cc(-c3cnc(NC(C)C)c(=O)n3CC(=O)NCc3ccc(C(=N)NC(=O)OCc4ccccc4)cc3)c2)CC1. The van der Waals surface area contributed by atoms with Gasteiger partial charge in [0.1, 0.15) is 19.0 Å². The predicted octanol–water partition coefficient (Wildman–Crippen LogP) is 4.55. The molecule has 260 valence electrons. The van der Waals surface area contributed by atoms with Crippen molar-refractivity contribution >= 4 is 35.2 Å². The third-order valence-corrected chi connectivity index (χ3v) is 8.38. The summed E-state index contributed by atoms with van der Waals surface area (Å²) in [7, 11) is 0. The van der Waals surface area contributed by atoms with E-state index in [4.69, 9.17) is 15.9 Å². The van der Waals surface area contributed by atoms with E-state index in [0.717, 1.165) is 30.4 Å². The highest BCUT2D eigenvalue weighted by Crippen LogP contribution is 2.38. The summed E-state index contributed by atoms with van der Waals surface area (Å²) in [5.41, 5.74) is 9.02. The molecule has 1 heterocycles. The molecule has 0 atom stereocenters. The summed E-state index contributed by atoms with van der Waals surface area (Å²) in [5, 5.41) is 19.6. The van der Waals surface area contributed by atoms with E-state index in [2.05, 4.69) is 26.3 Å². The number of alkyl carbamates (subject to hydrolysis) is 1. The minimum absolute atomic E-state index is 0.0818. The Morgan fingerprint density at radius 1 is 1.00 bits per heavy atom. The van der Waals surface area contributed by atoms with Crippen LogP contribution in [0.3, 0.4) is 0 Å². The summed E-state index contributed by atoms with van der Waals surface area (Å²) in [6, 6.07) is 20.7. The normalized spacial score (nSPS) is 12.9. The van der Waals surface area contributed by atoms with Crippen LogP contribution < -0.4 is 32.6 Å². The van der Waals surface area contributed by atoms with Gasteiger partial charge in [0, 0.05) is 40.5 Å². The second kappa shape index (κ2) is 15.5.